The second kappa shape index (κ2) is 11.5. The highest BCUT2D eigenvalue weighted by Gasteiger charge is 2.34. The minimum atomic E-state index is -0.814. The van der Waals surface area contributed by atoms with E-state index in [0.717, 1.165) is 48.6 Å². The minimum Gasteiger partial charge on any atom is -0.385 e. The van der Waals surface area contributed by atoms with Crippen molar-refractivity contribution < 1.29 is 9.90 Å². The molecule has 4 aromatic rings. The molecular formula is C32H39N7O2. The van der Waals surface area contributed by atoms with Gasteiger partial charge in [-0.3, -0.25) is 4.79 Å². The molecule has 2 aliphatic heterocycles. The maximum Gasteiger partial charge on any atom is 0.251 e. The molecule has 0 aliphatic carbocycles. The van der Waals surface area contributed by atoms with Crippen LogP contribution in [0.2, 0.25) is 0 Å². The van der Waals surface area contributed by atoms with Crippen LogP contribution in [0.5, 0.6) is 0 Å². The maximum absolute atomic E-state index is 12.6. The molecule has 0 bridgehead atoms. The average Bonchev–Trinajstić information content (AvgIpc) is 3.59. The number of aryl methyl sites for hydroxylation is 1. The Balaban J connectivity index is 1.08. The van der Waals surface area contributed by atoms with E-state index in [-0.39, 0.29) is 5.91 Å². The number of piperidine rings is 1. The van der Waals surface area contributed by atoms with Crippen molar-refractivity contribution in [1.82, 2.24) is 24.8 Å². The Morgan fingerprint density at radius 3 is 2.51 bits per heavy atom. The van der Waals surface area contributed by atoms with Crippen LogP contribution in [0.3, 0.4) is 0 Å². The highest BCUT2D eigenvalue weighted by molar-refractivity contribution is 5.94. The van der Waals surface area contributed by atoms with Gasteiger partial charge in [-0.05, 0) is 94.6 Å². The number of aromatic nitrogens is 3. The number of rotatable bonds is 8. The highest BCUT2D eigenvalue weighted by atomic mass is 16.3. The van der Waals surface area contributed by atoms with Crippen LogP contribution in [0.4, 0.5) is 17.3 Å². The lowest BCUT2D eigenvalue weighted by Crippen LogP contribution is -2.42. The third-order valence-electron chi connectivity index (χ3n) is 8.70. The molecule has 3 N–H and O–H groups in total. The van der Waals surface area contributed by atoms with Gasteiger partial charge < -0.3 is 25.5 Å². The van der Waals surface area contributed by atoms with Crippen molar-refractivity contribution in [1.29, 1.82) is 0 Å². The zero-order valence-corrected chi connectivity index (χ0v) is 23.9. The number of likely N-dealkylation sites (tertiary alicyclic amines) is 1. The summed E-state index contributed by atoms with van der Waals surface area (Å²) in [6.07, 6.45) is 6.61. The molecule has 4 heterocycles. The van der Waals surface area contributed by atoms with Crippen molar-refractivity contribution in [2.24, 2.45) is 0 Å². The van der Waals surface area contributed by atoms with E-state index in [1.807, 2.05) is 48.7 Å². The molecule has 0 spiro atoms. The number of carbonyl (C=O) groups is 1. The Morgan fingerprint density at radius 1 is 1.05 bits per heavy atom. The number of nitrogens with zero attached hydrogens (tertiary/aromatic N) is 5. The predicted molar refractivity (Wildman–Crippen MR) is 162 cm³/mol. The van der Waals surface area contributed by atoms with Gasteiger partial charge in [0, 0.05) is 43.1 Å². The molecule has 1 unspecified atom stereocenters. The van der Waals surface area contributed by atoms with Gasteiger partial charge in [-0.25, -0.2) is 4.52 Å². The molecule has 9 heteroatoms. The van der Waals surface area contributed by atoms with Gasteiger partial charge in [0.15, 0.2) is 5.65 Å². The SMILES string of the molecule is Cc1ccc(C2(O)CCN(c3cccn4nc(Nc5ccc(C(=O)NCCC6CCCN6C)cc5)nc34)CC2)cc1. The summed E-state index contributed by atoms with van der Waals surface area (Å²) in [5.74, 6) is 0.437. The van der Waals surface area contributed by atoms with E-state index in [1.165, 1.54) is 18.4 Å². The molecular weight excluding hydrogens is 514 g/mol. The lowest BCUT2D eigenvalue weighted by Gasteiger charge is -2.39. The first-order valence-electron chi connectivity index (χ1n) is 14.6. The third-order valence-corrected chi connectivity index (χ3v) is 8.70. The molecule has 1 amide bonds. The van der Waals surface area contributed by atoms with E-state index >= 15 is 0 Å². The zero-order valence-electron chi connectivity index (χ0n) is 23.9. The highest BCUT2D eigenvalue weighted by Crippen LogP contribution is 2.35. The van der Waals surface area contributed by atoms with Gasteiger partial charge in [-0.1, -0.05) is 29.8 Å². The molecule has 2 saturated heterocycles. The topological polar surface area (TPSA) is 98.0 Å². The lowest BCUT2D eigenvalue weighted by atomic mass is 9.84. The minimum absolute atomic E-state index is 0.0523. The molecule has 214 valence electrons. The molecule has 2 aromatic carbocycles. The van der Waals surface area contributed by atoms with Crippen LogP contribution in [0.25, 0.3) is 5.65 Å². The lowest BCUT2D eigenvalue weighted by molar-refractivity contribution is 0.0118. The quantitative estimate of drug-likeness (QED) is 0.296. The van der Waals surface area contributed by atoms with Crippen LogP contribution in [0.1, 0.15) is 53.6 Å². The fourth-order valence-corrected chi connectivity index (χ4v) is 6.09. The largest absolute Gasteiger partial charge is 0.385 e. The monoisotopic (exact) mass is 553 g/mol. The number of benzene rings is 2. The van der Waals surface area contributed by atoms with Crippen LogP contribution in [0.15, 0.2) is 66.9 Å². The van der Waals surface area contributed by atoms with E-state index in [0.29, 0.717) is 36.9 Å². The van der Waals surface area contributed by atoms with E-state index in [9.17, 15) is 9.90 Å². The molecule has 2 aromatic heterocycles. The van der Waals surface area contributed by atoms with Gasteiger partial charge in [-0.15, -0.1) is 5.10 Å². The first kappa shape index (κ1) is 27.2. The Hall–Kier alpha value is -3.95. The standard InChI is InChI=1S/C32H39N7O2/c1-23-7-11-25(12-8-23)32(41)16-21-38(22-17-32)28-6-4-20-39-29(28)35-31(36-39)34-26-13-9-24(10-14-26)30(40)33-18-15-27-5-3-19-37(27)2/h4,6-14,20,27,41H,3,5,15-19,21-22H2,1-2H3,(H,33,40)(H,34,36). The summed E-state index contributed by atoms with van der Waals surface area (Å²) in [6.45, 7) is 5.34. The molecule has 0 radical (unpaired) electrons. The normalized spacial score (nSPS) is 19.0. The van der Waals surface area contributed by atoms with Crippen LogP contribution < -0.4 is 15.5 Å². The number of fused-ring (bicyclic) bond motifs is 1. The van der Waals surface area contributed by atoms with Gasteiger partial charge in [0.2, 0.25) is 5.95 Å². The van der Waals surface area contributed by atoms with Crippen molar-refractivity contribution in [3.8, 4) is 0 Å². The second-order valence-electron chi connectivity index (χ2n) is 11.5. The second-order valence-corrected chi connectivity index (χ2v) is 11.5. The fourth-order valence-electron chi connectivity index (χ4n) is 6.09. The van der Waals surface area contributed by atoms with Crippen LogP contribution in [-0.2, 0) is 5.60 Å². The van der Waals surface area contributed by atoms with Crippen LogP contribution >= 0.6 is 0 Å². The van der Waals surface area contributed by atoms with Gasteiger partial charge in [0.1, 0.15) is 0 Å². The number of amides is 1. The summed E-state index contributed by atoms with van der Waals surface area (Å²) >= 11 is 0. The number of aliphatic hydroxyl groups is 1. The number of carbonyl (C=O) groups excluding carboxylic acids is 1. The summed E-state index contributed by atoms with van der Waals surface area (Å²) in [5.41, 5.74) is 4.57. The Morgan fingerprint density at radius 2 is 1.80 bits per heavy atom. The number of hydrogen-bond acceptors (Lipinski definition) is 7. The van der Waals surface area contributed by atoms with Crippen molar-refractivity contribution in [3.63, 3.8) is 0 Å². The average molecular weight is 554 g/mol. The van der Waals surface area contributed by atoms with E-state index in [4.69, 9.17) is 4.98 Å². The maximum atomic E-state index is 12.6. The Labute approximate surface area is 241 Å². The Bertz CT molecular complexity index is 1490. The molecule has 6 rings (SSSR count). The summed E-state index contributed by atoms with van der Waals surface area (Å²) in [5, 5.41) is 22.3. The molecule has 2 fully saturated rings. The first-order chi connectivity index (χ1) is 19.9. The van der Waals surface area contributed by atoms with Crippen molar-refractivity contribution >= 4 is 28.9 Å². The molecule has 2 aliphatic rings. The number of nitrogens with one attached hydrogen (secondary N) is 2. The number of hydrogen-bond donors (Lipinski definition) is 3. The van der Waals surface area contributed by atoms with Gasteiger partial charge in [0.05, 0.1) is 11.3 Å². The third kappa shape index (κ3) is 5.92. The van der Waals surface area contributed by atoms with Crippen molar-refractivity contribution in [2.75, 3.05) is 43.4 Å². The summed E-state index contributed by atoms with van der Waals surface area (Å²) in [6, 6.07) is 20.2. The molecule has 41 heavy (non-hydrogen) atoms. The van der Waals surface area contributed by atoms with Crippen LogP contribution in [-0.4, -0.2) is 69.8 Å². The Kier molecular flexibility index (Phi) is 7.64. The van der Waals surface area contributed by atoms with Gasteiger partial charge in [-0.2, -0.15) is 4.98 Å². The van der Waals surface area contributed by atoms with E-state index in [1.54, 1.807) is 4.52 Å². The van der Waals surface area contributed by atoms with Gasteiger partial charge >= 0.3 is 0 Å². The molecule has 0 saturated carbocycles. The van der Waals surface area contributed by atoms with E-state index in [2.05, 4.69) is 57.7 Å². The smallest absolute Gasteiger partial charge is 0.251 e. The predicted octanol–water partition coefficient (Wildman–Crippen LogP) is 4.48. The van der Waals surface area contributed by atoms with Gasteiger partial charge in [0.25, 0.3) is 5.91 Å². The molecule has 1 atom stereocenters. The summed E-state index contributed by atoms with van der Waals surface area (Å²) in [7, 11) is 2.16. The van der Waals surface area contributed by atoms with E-state index < -0.39 is 5.60 Å². The fraction of sp³-hybridized carbons (Fsp3) is 0.406. The zero-order chi connectivity index (χ0) is 28.4. The summed E-state index contributed by atoms with van der Waals surface area (Å²) < 4.78 is 1.78. The molecule has 9 nitrogen and oxygen atoms in total. The number of anilines is 3. The van der Waals surface area contributed by atoms with Crippen molar-refractivity contribution in [2.45, 2.75) is 50.7 Å². The first-order valence-corrected chi connectivity index (χ1v) is 14.6. The summed E-state index contributed by atoms with van der Waals surface area (Å²) in [4.78, 5) is 22.0. The van der Waals surface area contributed by atoms with Crippen LogP contribution in [0, 0.1) is 6.92 Å². The van der Waals surface area contributed by atoms with Crippen molar-refractivity contribution in [3.05, 3.63) is 83.6 Å². The number of pyridine rings is 1.